The quantitative estimate of drug-likeness (QED) is 0.870. The lowest BCUT2D eigenvalue weighted by Crippen LogP contribution is -2.22. The average molecular weight is 268 g/mol. The average Bonchev–Trinajstić information content (AvgIpc) is 2.98. The van der Waals surface area contributed by atoms with E-state index in [1.54, 1.807) is 6.20 Å². The van der Waals surface area contributed by atoms with Crippen LogP contribution in [0.15, 0.2) is 42.7 Å². The molecule has 0 aliphatic heterocycles. The molecule has 0 amide bonds. The van der Waals surface area contributed by atoms with Crippen LogP contribution in [0.2, 0.25) is 0 Å². The highest BCUT2D eigenvalue weighted by molar-refractivity contribution is 5.48. The zero-order valence-corrected chi connectivity index (χ0v) is 12.0. The van der Waals surface area contributed by atoms with Crippen molar-refractivity contribution in [2.75, 3.05) is 11.9 Å². The van der Waals surface area contributed by atoms with Gasteiger partial charge in [-0.15, -0.1) is 0 Å². The Kier molecular flexibility index (Phi) is 4.41. The van der Waals surface area contributed by atoms with Gasteiger partial charge in [0.05, 0.1) is 11.8 Å². The second-order valence-electron chi connectivity index (χ2n) is 5.67. The van der Waals surface area contributed by atoms with Crippen molar-refractivity contribution in [1.82, 2.24) is 9.78 Å². The molecule has 0 radical (unpaired) electrons. The first-order valence-electron chi connectivity index (χ1n) is 6.82. The van der Waals surface area contributed by atoms with Gasteiger partial charge in [-0.3, -0.25) is 0 Å². The molecule has 0 bridgehead atoms. The predicted molar refractivity (Wildman–Crippen MR) is 80.7 cm³/mol. The van der Waals surface area contributed by atoms with E-state index >= 15 is 0 Å². The molecule has 1 N–H and O–H groups in total. The van der Waals surface area contributed by atoms with Crippen LogP contribution < -0.4 is 5.32 Å². The molecule has 0 spiro atoms. The first-order valence-corrected chi connectivity index (χ1v) is 6.82. The summed E-state index contributed by atoms with van der Waals surface area (Å²) in [4.78, 5) is 0. The summed E-state index contributed by atoms with van der Waals surface area (Å²) in [5.74, 6) is 0. The second-order valence-corrected chi connectivity index (χ2v) is 5.67. The lowest BCUT2D eigenvalue weighted by molar-refractivity contribution is 0.364. The van der Waals surface area contributed by atoms with Gasteiger partial charge in [-0.25, -0.2) is 4.68 Å². The number of nitrogens with zero attached hydrogens (tertiary/aromatic N) is 3. The molecule has 0 aliphatic rings. The number of anilines is 1. The molecule has 0 saturated carbocycles. The molecule has 0 atom stereocenters. The molecule has 1 aromatic carbocycles. The van der Waals surface area contributed by atoms with E-state index in [4.69, 9.17) is 5.26 Å². The van der Waals surface area contributed by atoms with E-state index in [2.05, 4.69) is 42.5 Å². The maximum Gasteiger partial charge on any atom is 0.0647 e. The highest BCUT2D eigenvalue weighted by atomic mass is 15.3. The van der Waals surface area contributed by atoms with Crippen molar-refractivity contribution in [3.8, 4) is 11.8 Å². The molecule has 2 aromatic rings. The lowest BCUT2D eigenvalue weighted by Gasteiger charge is -2.24. The fourth-order valence-electron chi connectivity index (χ4n) is 1.98. The minimum atomic E-state index is 0.121. The van der Waals surface area contributed by atoms with E-state index in [0.29, 0.717) is 6.42 Å². The monoisotopic (exact) mass is 268 g/mol. The van der Waals surface area contributed by atoms with E-state index < -0.39 is 0 Å². The van der Waals surface area contributed by atoms with Crippen molar-refractivity contribution in [3.05, 3.63) is 42.7 Å². The summed E-state index contributed by atoms with van der Waals surface area (Å²) < 4.78 is 1.83. The maximum atomic E-state index is 8.66. The van der Waals surface area contributed by atoms with Crippen LogP contribution in [0.4, 0.5) is 5.69 Å². The summed E-state index contributed by atoms with van der Waals surface area (Å²) >= 11 is 0. The molecule has 4 heteroatoms. The van der Waals surface area contributed by atoms with Gasteiger partial charge in [0.25, 0.3) is 0 Å². The van der Waals surface area contributed by atoms with E-state index in [-0.39, 0.29) is 5.41 Å². The van der Waals surface area contributed by atoms with Gasteiger partial charge in [-0.1, -0.05) is 13.8 Å². The summed E-state index contributed by atoms with van der Waals surface area (Å²) in [5, 5.41) is 16.3. The van der Waals surface area contributed by atoms with E-state index in [9.17, 15) is 0 Å². The van der Waals surface area contributed by atoms with Gasteiger partial charge in [-0.05, 0) is 42.2 Å². The normalized spacial score (nSPS) is 11.1. The number of hydrogen-bond acceptors (Lipinski definition) is 3. The van der Waals surface area contributed by atoms with Crippen molar-refractivity contribution >= 4 is 5.69 Å². The third kappa shape index (κ3) is 3.86. The van der Waals surface area contributed by atoms with Crippen LogP contribution in [0.5, 0.6) is 0 Å². The first-order chi connectivity index (χ1) is 9.61. The van der Waals surface area contributed by atoms with Gasteiger partial charge in [0.1, 0.15) is 0 Å². The molecule has 1 heterocycles. The van der Waals surface area contributed by atoms with Crippen LogP contribution in [-0.2, 0) is 0 Å². The highest BCUT2D eigenvalue weighted by Crippen LogP contribution is 2.23. The summed E-state index contributed by atoms with van der Waals surface area (Å²) in [6.07, 6.45) is 5.20. The fourth-order valence-corrected chi connectivity index (χ4v) is 1.98. The minimum Gasteiger partial charge on any atom is -0.385 e. The van der Waals surface area contributed by atoms with Crippen LogP contribution >= 0.6 is 0 Å². The Morgan fingerprint density at radius 2 is 2.05 bits per heavy atom. The highest BCUT2D eigenvalue weighted by Gasteiger charge is 2.16. The van der Waals surface area contributed by atoms with Gasteiger partial charge in [0.2, 0.25) is 0 Å². The van der Waals surface area contributed by atoms with Crippen LogP contribution in [0.25, 0.3) is 5.69 Å². The Labute approximate surface area is 120 Å². The Bertz CT molecular complexity index is 562. The third-order valence-electron chi connectivity index (χ3n) is 3.32. The maximum absolute atomic E-state index is 8.66. The van der Waals surface area contributed by atoms with Crippen molar-refractivity contribution in [1.29, 1.82) is 5.26 Å². The fraction of sp³-hybridized carbons (Fsp3) is 0.375. The Hall–Kier alpha value is -2.28. The molecular weight excluding hydrogens is 248 g/mol. The molecule has 1 aromatic heterocycles. The lowest BCUT2D eigenvalue weighted by atomic mass is 9.88. The predicted octanol–water partition coefficient (Wildman–Crippen LogP) is 3.61. The standard InChI is InChI=1S/C16H20N4/c1-16(2,9-3-10-17)13-18-14-5-7-15(8-6-14)20-12-4-11-19-20/h4-8,11-12,18H,3,9,13H2,1-2H3. The molecule has 2 rings (SSSR count). The van der Waals surface area contributed by atoms with Crippen molar-refractivity contribution < 1.29 is 0 Å². The van der Waals surface area contributed by atoms with Gasteiger partial charge in [0, 0.05) is 31.0 Å². The number of hydrogen-bond donors (Lipinski definition) is 1. The van der Waals surface area contributed by atoms with E-state index in [1.165, 1.54) is 0 Å². The first kappa shape index (κ1) is 14.1. The molecular formula is C16H20N4. The minimum absolute atomic E-state index is 0.121. The number of rotatable bonds is 6. The summed E-state index contributed by atoms with van der Waals surface area (Å²) in [6.45, 7) is 5.21. The molecule has 0 unspecified atom stereocenters. The molecule has 104 valence electrons. The number of aromatic nitrogens is 2. The molecule has 4 nitrogen and oxygen atoms in total. The molecule has 0 aliphatic carbocycles. The summed E-state index contributed by atoms with van der Waals surface area (Å²) in [5.41, 5.74) is 2.26. The molecule has 20 heavy (non-hydrogen) atoms. The van der Waals surface area contributed by atoms with Gasteiger partial charge < -0.3 is 5.32 Å². The van der Waals surface area contributed by atoms with Crippen LogP contribution in [0, 0.1) is 16.7 Å². The van der Waals surface area contributed by atoms with Crippen LogP contribution in [0.3, 0.4) is 0 Å². The third-order valence-corrected chi connectivity index (χ3v) is 3.32. The Morgan fingerprint density at radius 1 is 1.30 bits per heavy atom. The van der Waals surface area contributed by atoms with Gasteiger partial charge in [0.15, 0.2) is 0 Å². The molecule has 0 saturated heterocycles. The van der Waals surface area contributed by atoms with E-state index in [1.807, 2.05) is 29.1 Å². The SMILES string of the molecule is CC(C)(CCC#N)CNc1ccc(-n2cccn2)cc1. The van der Waals surface area contributed by atoms with Crippen molar-refractivity contribution in [2.24, 2.45) is 5.41 Å². The summed E-state index contributed by atoms with van der Waals surface area (Å²) in [7, 11) is 0. The van der Waals surface area contributed by atoms with E-state index in [0.717, 1.165) is 24.3 Å². The summed E-state index contributed by atoms with van der Waals surface area (Å²) in [6, 6.07) is 12.3. The van der Waals surface area contributed by atoms with Crippen molar-refractivity contribution in [2.45, 2.75) is 26.7 Å². The largest absolute Gasteiger partial charge is 0.385 e. The topological polar surface area (TPSA) is 53.6 Å². The molecule has 0 fully saturated rings. The smallest absolute Gasteiger partial charge is 0.0647 e. The van der Waals surface area contributed by atoms with Crippen molar-refractivity contribution in [3.63, 3.8) is 0 Å². The van der Waals surface area contributed by atoms with Gasteiger partial charge >= 0.3 is 0 Å². The van der Waals surface area contributed by atoms with Crippen LogP contribution in [-0.4, -0.2) is 16.3 Å². The Morgan fingerprint density at radius 3 is 2.65 bits per heavy atom. The number of nitrogens with one attached hydrogen (secondary N) is 1. The zero-order chi connectivity index (χ0) is 14.4. The van der Waals surface area contributed by atoms with Crippen LogP contribution in [0.1, 0.15) is 26.7 Å². The zero-order valence-electron chi connectivity index (χ0n) is 12.0. The Balaban J connectivity index is 1.93. The van der Waals surface area contributed by atoms with Gasteiger partial charge in [-0.2, -0.15) is 10.4 Å². The number of nitriles is 1. The second kappa shape index (κ2) is 6.25. The number of benzene rings is 1.